The van der Waals surface area contributed by atoms with E-state index in [1.165, 1.54) is 4.88 Å². The second kappa shape index (κ2) is 5.54. The molecule has 0 saturated carbocycles. The maximum atomic E-state index is 4.50. The summed E-state index contributed by atoms with van der Waals surface area (Å²) in [6, 6.07) is 2.38. The molecule has 0 unspecified atom stereocenters. The molecular formula is C14H21N5S. The molecule has 0 amide bonds. The molecule has 0 spiro atoms. The first-order valence-corrected chi connectivity index (χ1v) is 7.88. The van der Waals surface area contributed by atoms with Crippen LogP contribution in [0.25, 0.3) is 0 Å². The fourth-order valence-electron chi connectivity index (χ4n) is 2.71. The van der Waals surface area contributed by atoms with Crippen LogP contribution >= 0.6 is 11.3 Å². The van der Waals surface area contributed by atoms with Gasteiger partial charge in [0.15, 0.2) is 0 Å². The van der Waals surface area contributed by atoms with E-state index in [4.69, 9.17) is 0 Å². The Balaban J connectivity index is 1.56. The van der Waals surface area contributed by atoms with Gasteiger partial charge in [-0.15, -0.1) is 11.3 Å². The average molecular weight is 291 g/mol. The van der Waals surface area contributed by atoms with E-state index in [0.717, 1.165) is 36.2 Å². The average Bonchev–Trinajstić information content (AvgIpc) is 3.01. The van der Waals surface area contributed by atoms with E-state index >= 15 is 0 Å². The molecule has 20 heavy (non-hydrogen) atoms. The van der Waals surface area contributed by atoms with Crippen molar-refractivity contribution in [2.45, 2.75) is 33.4 Å². The summed E-state index contributed by atoms with van der Waals surface area (Å²) in [4.78, 5) is 5.85. The molecule has 2 N–H and O–H groups in total. The second-order valence-corrected chi connectivity index (χ2v) is 6.69. The van der Waals surface area contributed by atoms with E-state index in [2.05, 4.69) is 41.5 Å². The van der Waals surface area contributed by atoms with Gasteiger partial charge in [0, 0.05) is 42.5 Å². The van der Waals surface area contributed by atoms with Crippen LogP contribution in [-0.2, 0) is 6.54 Å². The number of nitrogens with one attached hydrogen (secondary N) is 2. The number of aryl methyl sites for hydroxylation is 2. The quantitative estimate of drug-likeness (QED) is 0.908. The molecule has 0 bridgehead atoms. The third-order valence-corrected chi connectivity index (χ3v) is 5.02. The molecule has 0 radical (unpaired) electrons. The van der Waals surface area contributed by atoms with Gasteiger partial charge < -0.3 is 10.6 Å². The summed E-state index contributed by atoms with van der Waals surface area (Å²) in [5, 5.41) is 12.5. The lowest BCUT2D eigenvalue weighted by Gasteiger charge is -2.26. The Morgan fingerprint density at radius 2 is 2.40 bits per heavy atom. The van der Waals surface area contributed by atoms with Crippen molar-refractivity contribution >= 4 is 17.2 Å². The minimum atomic E-state index is 0.361. The minimum Gasteiger partial charge on any atom is -0.370 e. The lowest BCUT2D eigenvalue weighted by molar-refractivity contribution is 0.377. The summed E-state index contributed by atoms with van der Waals surface area (Å²) in [6.07, 6.45) is 1.85. The van der Waals surface area contributed by atoms with Gasteiger partial charge in [-0.05, 0) is 20.8 Å². The number of anilines is 1. The van der Waals surface area contributed by atoms with Crippen LogP contribution in [0.15, 0.2) is 12.3 Å². The second-order valence-electron chi connectivity index (χ2n) is 5.46. The SMILES string of the molecule is Cc1nc(C)c([C@H](C)NC[C@@H]2CNc3ccnn3C2)s1. The zero-order valence-corrected chi connectivity index (χ0v) is 13.0. The summed E-state index contributed by atoms with van der Waals surface area (Å²) in [5.74, 6) is 1.70. The molecule has 0 aromatic carbocycles. The molecule has 0 aliphatic carbocycles. The largest absolute Gasteiger partial charge is 0.370 e. The summed E-state index contributed by atoms with van der Waals surface area (Å²) in [5.41, 5.74) is 1.16. The van der Waals surface area contributed by atoms with Crippen LogP contribution in [0.4, 0.5) is 5.82 Å². The number of hydrogen-bond acceptors (Lipinski definition) is 5. The number of aromatic nitrogens is 3. The Morgan fingerprint density at radius 1 is 1.55 bits per heavy atom. The molecule has 2 aromatic rings. The van der Waals surface area contributed by atoms with Crippen molar-refractivity contribution in [1.29, 1.82) is 0 Å². The third-order valence-electron chi connectivity index (χ3n) is 3.76. The van der Waals surface area contributed by atoms with Gasteiger partial charge in [-0.25, -0.2) is 9.67 Å². The molecular weight excluding hydrogens is 270 g/mol. The Bertz CT molecular complexity index is 588. The van der Waals surface area contributed by atoms with Gasteiger partial charge in [-0.2, -0.15) is 5.10 Å². The molecule has 108 valence electrons. The van der Waals surface area contributed by atoms with Crippen molar-refractivity contribution in [1.82, 2.24) is 20.1 Å². The number of hydrogen-bond donors (Lipinski definition) is 2. The molecule has 2 atom stereocenters. The van der Waals surface area contributed by atoms with Crippen molar-refractivity contribution < 1.29 is 0 Å². The Labute approximate surface area is 123 Å². The number of thiazole rings is 1. The highest BCUT2D eigenvalue weighted by Crippen LogP contribution is 2.25. The van der Waals surface area contributed by atoms with Gasteiger partial charge in [0.2, 0.25) is 0 Å². The van der Waals surface area contributed by atoms with E-state index in [0.29, 0.717) is 12.0 Å². The minimum absolute atomic E-state index is 0.361. The molecule has 1 aliphatic heterocycles. The maximum Gasteiger partial charge on any atom is 0.124 e. The highest BCUT2D eigenvalue weighted by molar-refractivity contribution is 7.11. The van der Waals surface area contributed by atoms with E-state index in [1.807, 2.05) is 16.9 Å². The fourth-order valence-corrected chi connectivity index (χ4v) is 3.66. The van der Waals surface area contributed by atoms with Crippen molar-refractivity contribution in [3.63, 3.8) is 0 Å². The predicted molar refractivity (Wildman–Crippen MR) is 82.2 cm³/mol. The van der Waals surface area contributed by atoms with Gasteiger partial charge >= 0.3 is 0 Å². The van der Waals surface area contributed by atoms with Crippen molar-refractivity contribution in [3.05, 3.63) is 27.8 Å². The molecule has 6 heteroatoms. The number of rotatable bonds is 4. The normalized spacial score (nSPS) is 19.4. The predicted octanol–water partition coefficient (Wildman–Crippen LogP) is 2.35. The smallest absolute Gasteiger partial charge is 0.124 e. The molecule has 2 aromatic heterocycles. The summed E-state index contributed by atoms with van der Waals surface area (Å²) in [7, 11) is 0. The van der Waals surface area contributed by atoms with Crippen LogP contribution in [0, 0.1) is 19.8 Å². The molecule has 3 rings (SSSR count). The van der Waals surface area contributed by atoms with Crippen LogP contribution in [0.1, 0.15) is 28.5 Å². The standard InChI is InChI=1S/C14H21N5S/c1-9(14-10(2)18-11(3)20-14)15-6-12-7-16-13-4-5-17-19(13)8-12/h4-5,9,12,15-16H,6-8H2,1-3H3/t9-,12+/m0/s1. The highest BCUT2D eigenvalue weighted by Gasteiger charge is 2.20. The van der Waals surface area contributed by atoms with Crippen LogP contribution in [0.3, 0.4) is 0 Å². The first-order valence-electron chi connectivity index (χ1n) is 7.06. The van der Waals surface area contributed by atoms with Crippen LogP contribution in [-0.4, -0.2) is 27.9 Å². The van der Waals surface area contributed by atoms with Crippen molar-refractivity contribution in [3.8, 4) is 0 Å². The summed E-state index contributed by atoms with van der Waals surface area (Å²) >= 11 is 1.79. The van der Waals surface area contributed by atoms with Gasteiger partial charge in [0.25, 0.3) is 0 Å². The van der Waals surface area contributed by atoms with E-state index in [-0.39, 0.29) is 0 Å². The Hall–Kier alpha value is -1.40. The summed E-state index contributed by atoms with van der Waals surface area (Å²) in [6.45, 7) is 9.36. The molecule has 3 heterocycles. The van der Waals surface area contributed by atoms with Gasteiger partial charge in [-0.1, -0.05) is 0 Å². The lowest BCUT2D eigenvalue weighted by atomic mass is 10.1. The first-order chi connectivity index (χ1) is 9.63. The monoisotopic (exact) mass is 291 g/mol. The number of fused-ring (bicyclic) bond motifs is 1. The molecule has 0 saturated heterocycles. The maximum absolute atomic E-state index is 4.50. The van der Waals surface area contributed by atoms with E-state index < -0.39 is 0 Å². The third kappa shape index (κ3) is 2.71. The molecule has 1 aliphatic rings. The zero-order chi connectivity index (χ0) is 14.1. The van der Waals surface area contributed by atoms with Gasteiger partial charge in [-0.3, -0.25) is 0 Å². The van der Waals surface area contributed by atoms with E-state index in [1.54, 1.807) is 11.3 Å². The van der Waals surface area contributed by atoms with E-state index in [9.17, 15) is 0 Å². The van der Waals surface area contributed by atoms with Crippen LogP contribution in [0.2, 0.25) is 0 Å². The Morgan fingerprint density at radius 3 is 3.15 bits per heavy atom. The topological polar surface area (TPSA) is 54.8 Å². The summed E-state index contributed by atoms with van der Waals surface area (Å²) < 4.78 is 2.04. The van der Waals surface area contributed by atoms with Gasteiger partial charge in [0.05, 0.1) is 16.9 Å². The first kappa shape index (κ1) is 13.6. The zero-order valence-electron chi connectivity index (χ0n) is 12.2. The highest BCUT2D eigenvalue weighted by atomic mass is 32.1. The van der Waals surface area contributed by atoms with Crippen molar-refractivity contribution in [2.24, 2.45) is 5.92 Å². The van der Waals surface area contributed by atoms with Gasteiger partial charge in [0.1, 0.15) is 5.82 Å². The Kier molecular flexibility index (Phi) is 3.76. The fraction of sp³-hybridized carbons (Fsp3) is 0.571. The molecule has 0 fully saturated rings. The molecule has 5 nitrogen and oxygen atoms in total. The van der Waals surface area contributed by atoms with Crippen LogP contribution < -0.4 is 10.6 Å². The number of nitrogens with zero attached hydrogens (tertiary/aromatic N) is 3. The van der Waals surface area contributed by atoms with Crippen LogP contribution in [0.5, 0.6) is 0 Å². The van der Waals surface area contributed by atoms with Crippen molar-refractivity contribution in [2.75, 3.05) is 18.4 Å². The lowest BCUT2D eigenvalue weighted by Crippen LogP contribution is -2.36.